The third kappa shape index (κ3) is 10.8. The molecule has 2 aromatic heterocycles. The third-order valence-corrected chi connectivity index (χ3v) is 19.8. The predicted octanol–water partition coefficient (Wildman–Crippen LogP) is 10.0. The number of H-pyrrole nitrogens is 1. The van der Waals surface area contributed by atoms with E-state index in [0.29, 0.717) is 79.0 Å². The van der Waals surface area contributed by atoms with E-state index < -0.39 is 0 Å². The summed E-state index contributed by atoms with van der Waals surface area (Å²) in [6.45, 7) is 11.2. The Morgan fingerprint density at radius 3 is 1.51 bits per heavy atom. The zero-order chi connectivity index (χ0) is 59.6. The molecule has 11 heterocycles. The normalized spacial score (nSPS) is 22.9. The molecule has 0 saturated carbocycles. The lowest BCUT2D eigenvalue weighted by Crippen LogP contribution is -2.49. The van der Waals surface area contributed by atoms with Crippen molar-refractivity contribution in [2.24, 2.45) is 0 Å². The van der Waals surface area contributed by atoms with Crippen molar-refractivity contribution in [3.63, 3.8) is 0 Å². The van der Waals surface area contributed by atoms with Crippen LogP contribution in [0.25, 0.3) is 21.9 Å². The number of aromatic nitrogens is 3. The second-order valence-corrected chi connectivity index (χ2v) is 25.0. The molecule has 6 atom stereocenters. The van der Waals surface area contributed by atoms with Crippen LogP contribution in [0.2, 0.25) is 0 Å². The third-order valence-electron chi connectivity index (χ3n) is 19.8. The lowest BCUT2D eigenvalue weighted by Gasteiger charge is -2.39. The van der Waals surface area contributed by atoms with Crippen molar-refractivity contribution < 1.29 is 36.8 Å². The number of carbonyl (C=O) groups excluding carboxylic acids is 3. The minimum absolute atomic E-state index is 0.0856. The Morgan fingerprint density at radius 1 is 0.523 bits per heavy atom. The maximum atomic E-state index is 13.4. The second kappa shape index (κ2) is 23.6. The molecule has 3 saturated heterocycles. The number of nitrogens with one attached hydrogen (secondary N) is 4. The number of hydrogen-bond donors (Lipinski definition) is 4. The van der Waals surface area contributed by atoms with Crippen molar-refractivity contribution in [2.75, 3.05) is 116 Å². The first kappa shape index (κ1) is 56.1. The largest absolute Gasteiger partial charge is 0.494 e. The lowest BCUT2D eigenvalue weighted by atomic mass is 9.89. The van der Waals surface area contributed by atoms with Crippen molar-refractivity contribution in [3.05, 3.63) is 161 Å². The first-order valence-corrected chi connectivity index (χ1v) is 31.3. The van der Waals surface area contributed by atoms with Gasteiger partial charge >= 0.3 is 0 Å². The molecule has 9 aliphatic rings. The highest BCUT2D eigenvalue weighted by atomic mass is 19.1. The zero-order valence-electron chi connectivity index (χ0n) is 49.0. The minimum Gasteiger partial charge on any atom is -0.494 e. The van der Waals surface area contributed by atoms with Gasteiger partial charge in [-0.05, 0) is 148 Å². The van der Waals surface area contributed by atoms with Gasteiger partial charge in [0.15, 0.2) is 5.58 Å². The Morgan fingerprint density at radius 2 is 0.989 bits per heavy atom. The molecule has 0 bridgehead atoms. The fourth-order valence-corrected chi connectivity index (χ4v) is 16.0. The smallest absolute Gasteiger partial charge is 0.243 e. The Kier molecular flexibility index (Phi) is 15.0. The van der Waals surface area contributed by atoms with Crippen LogP contribution in [-0.4, -0.2) is 151 Å². The number of halogens is 3. The maximum Gasteiger partial charge on any atom is 0.243 e. The average molecular weight is 1190 g/mol. The van der Waals surface area contributed by atoms with E-state index in [0.717, 1.165) is 149 Å². The number of benzene rings is 6. The Hall–Kier alpha value is -8.46. The molecule has 0 spiro atoms. The molecule has 3 fully saturated rings. The highest BCUT2D eigenvalue weighted by Gasteiger charge is 2.48. The second-order valence-electron chi connectivity index (χ2n) is 25.0. The van der Waals surface area contributed by atoms with Crippen LogP contribution in [-0.2, 0) is 27.2 Å². The molecule has 3 amide bonds. The van der Waals surface area contributed by atoms with Gasteiger partial charge in [-0.2, -0.15) is 5.10 Å². The summed E-state index contributed by atoms with van der Waals surface area (Å²) >= 11 is 0. The van der Waals surface area contributed by atoms with Crippen LogP contribution in [0.3, 0.4) is 0 Å². The van der Waals surface area contributed by atoms with Crippen LogP contribution >= 0.6 is 0 Å². The van der Waals surface area contributed by atoms with Crippen LogP contribution < -0.4 is 35.4 Å². The van der Waals surface area contributed by atoms with E-state index in [1.807, 2.05) is 24.3 Å². The molecule has 0 radical (unpaired) electrons. The number of nitrogens with zero attached hydrogens (tertiary/aromatic N) is 8. The Bertz CT molecular complexity index is 3790. The van der Waals surface area contributed by atoms with Crippen LogP contribution in [0.1, 0.15) is 84.4 Å². The maximum absolute atomic E-state index is 13.4. The van der Waals surface area contributed by atoms with Gasteiger partial charge in [0.2, 0.25) is 17.7 Å². The standard InChI is InChI=1S/C23H24FN5O.C23H23FN4O2.C22H24FN3O2/c24-14-6-7-16-18(26-27-20(16)11-14)5-2-9-28-10-8-21-17(12-28)15-3-1-4-19-23(15)29(21)13-22(30)25-19;24-14-6-7-16-18(26-30-21(16)11-14)5-2-9-27-10-8-20-17(12-27)15-3-1-4-19-23(15)28(20)13-22(29)25-19;23-15-5-7-16(8-6-15)28-12-2-10-25-11-9-20-18(13-25)17-3-1-4-19-22(17)26(20)14-21(27)24-19/h1,3-4,6-7,11,17,21H,2,5,8-10,12-13H2,(H,25,30)(H,26,27);1,3-4,6-7,11,17,20H,2,5,8-10,12-13H2,(H,25,29);1,3-8,18,20H,2,9-14H2,(H,24,27)/t17-,21-;17-,20-;18-,20-/m000/s1. The molecule has 6 aromatic carbocycles. The Balaban J connectivity index is 0.000000111. The summed E-state index contributed by atoms with van der Waals surface area (Å²) in [4.78, 5) is 50.9. The zero-order valence-corrected chi connectivity index (χ0v) is 49.0. The van der Waals surface area contributed by atoms with E-state index >= 15 is 0 Å². The van der Waals surface area contributed by atoms with E-state index in [2.05, 4.69) is 97.1 Å². The van der Waals surface area contributed by atoms with Gasteiger partial charge in [0.05, 0.1) is 71.6 Å². The summed E-state index contributed by atoms with van der Waals surface area (Å²) in [5.41, 5.74) is 13.9. The van der Waals surface area contributed by atoms with Crippen LogP contribution in [0.5, 0.6) is 5.75 Å². The number of rotatable bonds is 13. The molecule has 20 heteroatoms. The van der Waals surface area contributed by atoms with Gasteiger partial charge in [0, 0.05) is 110 Å². The van der Waals surface area contributed by atoms with E-state index in [1.54, 1.807) is 18.2 Å². The highest BCUT2D eigenvalue weighted by Crippen LogP contribution is 2.52. The first-order valence-electron chi connectivity index (χ1n) is 31.3. The molecule has 454 valence electrons. The summed E-state index contributed by atoms with van der Waals surface area (Å²) in [7, 11) is 0. The number of fused-ring (bicyclic) bond motifs is 11. The van der Waals surface area contributed by atoms with Gasteiger partial charge in [0.25, 0.3) is 0 Å². The molecule has 4 N–H and O–H groups in total. The van der Waals surface area contributed by atoms with E-state index in [4.69, 9.17) is 9.26 Å². The van der Waals surface area contributed by atoms with E-state index in [-0.39, 0.29) is 35.2 Å². The molecule has 0 unspecified atom stereocenters. The van der Waals surface area contributed by atoms with Gasteiger partial charge in [-0.15, -0.1) is 0 Å². The summed E-state index contributed by atoms with van der Waals surface area (Å²) in [5.74, 6) is 1.53. The fourth-order valence-electron chi connectivity index (χ4n) is 16.0. The van der Waals surface area contributed by atoms with Crippen LogP contribution in [0.15, 0.2) is 120 Å². The van der Waals surface area contributed by atoms with Crippen molar-refractivity contribution in [2.45, 2.75) is 87.2 Å². The molecular weight excluding hydrogens is 1120 g/mol. The van der Waals surface area contributed by atoms with E-state index in [1.165, 1.54) is 70.2 Å². The van der Waals surface area contributed by atoms with Crippen molar-refractivity contribution >= 4 is 73.7 Å². The number of aryl methyl sites for hydroxylation is 2. The highest BCUT2D eigenvalue weighted by molar-refractivity contribution is 6.05. The molecule has 17 rings (SSSR count). The summed E-state index contributed by atoms with van der Waals surface area (Å²) in [6.07, 6.45) is 7.88. The minimum atomic E-state index is -0.303. The topological polar surface area (TPSA) is 171 Å². The fraction of sp³-hybridized carbons (Fsp3) is 0.397. The van der Waals surface area contributed by atoms with E-state index in [9.17, 15) is 27.6 Å². The average Bonchev–Trinajstić information content (AvgIpc) is 1.99. The van der Waals surface area contributed by atoms with Crippen molar-refractivity contribution in [3.8, 4) is 5.75 Å². The molecule has 0 aliphatic carbocycles. The number of amides is 3. The summed E-state index contributed by atoms with van der Waals surface area (Å²) in [5, 5.41) is 22.4. The SMILES string of the molecule is O=C1CN2c3c(cccc3[C@@H]3CN(CCCOc4ccc(F)cc4)CC[C@@H]32)N1.O=C1CN2c3c(cccc3[C@@H]3CN(CCCc4[nH]nc5cc(F)ccc45)CC[C@@H]32)N1.O=C1CN2c3c(cccc3[C@@H]3CN(CCCc4noc5cc(F)ccc45)CC[C@@H]32)N1. The van der Waals surface area contributed by atoms with Gasteiger partial charge < -0.3 is 54.6 Å². The lowest BCUT2D eigenvalue weighted by molar-refractivity contribution is -0.116. The quantitative estimate of drug-likeness (QED) is 0.0806. The molecule has 17 nitrogen and oxygen atoms in total. The van der Waals surface area contributed by atoms with Crippen molar-refractivity contribution in [1.29, 1.82) is 0 Å². The van der Waals surface area contributed by atoms with Crippen LogP contribution in [0, 0.1) is 17.5 Å². The van der Waals surface area contributed by atoms with Gasteiger partial charge in [0.1, 0.15) is 23.2 Å². The monoisotopic (exact) mass is 1190 g/mol. The first-order chi connectivity index (χ1) is 43.0. The number of likely N-dealkylation sites (tertiary alicyclic amines) is 3. The molecular formula is C68H71F3N12O5. The van der Waals surface area contributed by atoms with Crippen LogP contribution in [0.4, 0.5) is 47.3 Å². The van der Waals surface area contributed by atoms with Gasteiger partial charge in [-0.1, -0.05) is 41.6 Å². The number of para-hydroxylation sites is 3. The van der Waals surface area contributed by atoms with Gasteiger partial charge in [-0.3, -0.25) is 19.5 Å². The summed E-state index contributed by atoms with van der Waals surface area (Å²) in [6, 6.07) is 35.7. The number of carbonyl (C=O) groups is 3. The van der Waals surface area contributed by atoms with Crippen molar-refractivity contribution in [1.82, 2.24) is 30.1 Å². The number of anilines is 6. The Labute approximate surface area is 508 Å². The number of aromatic amines is 1. The number of hydrogen-bond acceptors (Lipinski definition) is 13. The number of ether oxygens (including phenoxy) is 1. The molecule has 88 heavy (non-hydrogen) atoms. The number of piperidine rings is 3. The predicted molar refractivity (Wildman–Crippen MR) is 333 cm³/mol. The van der Waals surface area contributed by atoms with Gasteiger partial charge in [-0.25, -0.2) is 13.2 Å². The summed E-state index contributed by atoms with van der Waals surface area (Å²) < 4.78 is 50.6. The molecule has 9 aliphatic heterocycles. The molecule has 8 aromatic rings.